The van der Waals surface area contributed by atoms with Gasteiger partial charge in [-0.2, -0.15) is 0 Å². The number of hydrogen-bond acceptors (Lipinski definition) is 14. The van der Waals surface area contributed by atoms with E-state index in [0.29, 0.717) is 52.4 Å². The number of rotatable bonds is 25. The zero-order valence-corrected chi connectivity index (χ0v) is 50.6. The second-order valence-electron chi connectivity index (χ2n) is 20.6. The van der Waals surface area contributed by atoms with Gasteiger partial charge in [-0.1, -0.05) is 44.2 Å². The van der Waals surface area contributed by atoms with Crippen molar-refractivity contribution in [3.8, 4) is 11.5 Å². The molecule has 4 N–H and O–H groups in total. The molecule has 0 fully saturated rings. The molecule has 83 heavy (non-hydrogen) atoms. The van der Waals surface area contributed by atoms with E-state index in [9.17, 15) is 38.7 Å². The first-order valence-electron chi connectivity index (χ1n) is 27.0. The number of carbonyl (C=O) groups excluding carboxylic acids is 7. The van der Waals surface area contributed by atoms with Crippen molar-refractivity contribution < 1.29 is 57.6 Å². The lowest BCUT2D eigenvalue weighted by Crippen LogP contribution is -2.51. The standard InChI is InChI=1S/C59H70ClIN10O12/c1-36(2)53(66(6)7)56(76)62-38(4)54(74)63-43-16-12-40(13-17-43)35-82-58(78)67(8)22-23-68(24-26-80-28-29-81-27-25-71(61)39(5)72)59(79)83-49-30-48-52(51-37(3)10-9-11-46(49)51)42(31-60)32-70(48)57(77)47-34-69-33-44(18-21-50(69)65-47)64-55(75)41-14-19-45(73)20-15-41/h9-21,30,33-34,36,38,42,53,73H,22-29,31-32,35H2,1-8H3,(H,62,76)(H,63,74)(H,64,75)/t38-,42+,53-/m0/s1. The number of imidazole rings is 1. The summed E-state index contributed by atoms with van der Waals surface area (Å²) in [5, 5.41) is 19.5. The third-order valence-corrected chi connectivity index (χ3v) is 15.4. The lowest BCUT2D eigenvalue weighted by atomic mass is 9.92. The number of phenolic OH excluding ortho intramolecular Hbond substituents is 1. The van der Waals surface area contributed by atoms with Gasteiger partial charge in [0, 0.05) is 87.0 Å². The number of pyridine rings is 1. The van der Waals surface area contributed by atoms with E-state index in [1.807, 2.05) is 80.8 Å². The zero-order valence-electron chi connectivity index (χ0n) is 47.6. The number of hydrogen-bond donors (Lipinski definition) is 4. The number of benzene rings is 4. The van der Waals surface area contributed by atoms with E-state index in [-0.39, 0.29) is 99.3 Å². The van der Waals surface area contributed by atoms with Crippen LogP contribution >= 0.6 is 34.5 Å². The Labute approximate surface area is 500 Å². The molecule has 1 aliphatic rings. The molecule has 0 saturated carbocycles. The predicted octanol–water partition coefficient (Wildman–Crippen LogP) is 8.07. The van der Waals surface area contributed by atoms with Crippen molar-refractivity contribution in [2.24, 2.45) is 5.92 Å². The van der Waals surface area contributed by atoms with Gasteiger partial charge < -0.3 is 59.1 Å². The minimum absolute atomic E-state index is 0.00169. The molecule has 7 rings (SSSR count). The van der Waals surface area contributed by atoms with Crippen molar-refractivity contribution in [2.75, 3.05) is 102 Å². The molecule has 22 nitrogen and oxygen atoms in total. The number of anilines is 3. The summed E-state index contributed by atoms with van der Waals surface area (Å²) in [5.41, 5.74) is 4.66. The van der Waals surface area contributed by atoms with Gasteiger partial charge in [-0.05, 0) is 104 Å². The molecule has 1 aliphatic heterocycles. The van der Waals surface area contributed by atoms with Crippen molar-refractivity contribution >= 4 is 110 Å². The monoisotopic (exact) mass is 1270 g/mol. The molecule has 7 amide bonds. The second-order valence-corrected chi connectivity index (χ2v) is 22.1. The molecule has 3 heterocycles. The molecule has 0 aliphatic carbocycles. The summed E-state index contributed by atoms with van der Waals surface area (Å²) in [6.45, 7) is 10.3. The average molecular weight is 1270 g/mol. The Morgan fingerprint density at radius 2 is 1.49 bits per heavy atom. The maximum atomic E-state index is 14.6. The summed E-state index contributed by atoms with van der Waals surface area (Å²) in [5.74, 6) is -1.41. The van der Waals surface area contributed by atoms with Crippen LogP contribution in [0.15, 0.2) is 97.3 Å². The van der Waals surface area contributed by atoms with Crippen molar-refractivity contribution in [2.45, 2.75) is 59.2 Å². The SMILES string of the molecule is CC(=O)N(I)CCOCCOCCN(CCN(C)C(=O)OCc1ccc(NC(=O)[C@H](C)NC(=O)[C@H](C(C)C)N(C)C)cc1)C(=O)Oc1cc2c(c3c(C)cccc13)[C@H](CCl)CN2C(=O)c1cn2cc(NC(=O)c3ccc(O)cc3)ccc2n1. The summed E-state index contributed by atoms with van der Waals surface area (Å²) < 4.78 is 26.6. The highest BCUT2D eigenvalue weighted by atomic mass is 127. The molecule has 24 heteroatoms. The fourth-order valence-corrected chi connectivity index (χ4v) is 9.96. The fourth-order valence-electron chi connectivity index (χ4n) is 9.51. The van der Waals surface area contributed by atoms with Crippen LogP contribution in [-0.2, 0) is 35.2 Å². The Bertz CT molecular complexity index is 3300. The van der Waals surface area contributed by atoms with Crippen molar-refractivity contribution in [1.82, 2.24) is 32.5 Å². The van der Waals surface area contributed by atoms with E-state index in [1.54, 1.807) is 78.1 Å². The molecule has 3 atom stereocenters. The van der Waals surface area contributed by atoms with Crippen LogP contribution in [0, 0.1) is 12.8 Å². The van der Waals surface area contributed by atoms with Crippen LogP contribution in [0.4, 0.5) is 26.7 Å². The Balaban J connectivity index is 1.03. The highest BCUT2D eigenvalue weighted by molar-refractivity contribution is 14.1. The number of aryl methyl sites for hydroxylation is 1. The molecule has 0 saturated heterocycles. The Morgan fingerprint density at radius 1 is 0.807 bits per heavy atom. The number of likely N-dealkylation sites (N-methyl/N-ethyl adjacent to an activating group) is 2. The molecule has 6 aromatic rings. The molecule has 442 valence electrons. The fraction of sp³-hybridized carbons (Fsp3) is 0.390. The zero-order chi connectivity index (χ0) is 60.1. The van der Waals surface area contributed by atoms with Crippen LogP contribution in [0.5, 0.6) is 11.5 Å². The number of halogens is 2. The van der Waals surface area contributed by atoms with Gasteiger partial charge in [-0.15, -0.1) is 11.6 Å². The smallest absolute Gasteiger partial charge is 0.415 e. The second kappa shape index (κ2) is 29.1. The molecule has 0 unspecified atom stereocenters. The van der Waals surface area contributed by atoms with E-state index >= 15 is 0 Å². The van der Waals surface area contributed by atoms with E-state index in [2.05, 4.69) is 20.9 Å². The van der Waals surface area contributed by atoms with Gasteiger partial charge in [0.1, 0.15) is 35.5 Å². The highest BCUT2D eigenvalue weighted by Crippen LogP contribution is 2.47. The topological polar surface area (TPSA) is 246 Å². The summed E-state index contributed by atoms with van der Waals surface area (Å²) in [6.07, 6.45) is 1.79. The van der Waals surface area contributed by atoms with Gasteiger partial charge in [-0.3, -0.25) is 32.0 Å². The number of amides is 7. The molecule has 2 aromatic heterocycles. The first-order valence-corrected chi connectivity index (χ1v) is 28.5. The number of aromatic nitrogens is 2. The van der Waals surface area contributed by atoms with Gasteiger partial charge in [0.25, 0.3) is 11.8 Å². The van der Waals surface area contributed by atoms with Crippen LogP contribution in [-0.4, -0.2) is 172 Å². The van der Waals surface area contributed by atoms with Crippen molar-refractivity contribution in [3.63, 3.8) is 0 Å². The summed E-state index contributed by atoms with van der Waals surface area (Å²) in [4.78, 5) is 104. The van der Waals surface area contributed by atoms with Gasteiger partial charge >= 0.3 is 12.2 Å². The minimum Gasteiger partial charge on any atom is -0.508 e. The highest BCUT2D eigenvalue weighted by Gasteiger charge is 2.37. The minimum atomic E-state index is -0.796. The van der Waals surface area contributed by atoms with Gasteiger partial charge in [0.15, 0.2) is 0 Å². The Morgan fingerprint density at radius 3 is 2.16 bits per heavy atom. The van der Waals surface area contributed by atoms with Gasteiger partial charge in [0.2, 0.25) is 17.7 Å². The first kappa shape index (κ1) is 63.0. The molecule has 0 radical (unpaired) electrons. The van der Waals surface area contributed by atoms with Crippen LogP contribution < -0.4 is 25.6 Å². The molecular formula is C59H70ClIN10O12. The first-order chi connectivity index (χ1) is 39.6. The third-order valence-electron chi connectivity index (χ3n) is 13.9. The molecule has 4 aromatic carbocycles. The van der Waals surface area contributed by atoms with E-state index in [0.717, 1.165) is 16.5 Å². The lowest BCUT2D eigenvalue weighted by molar-refractivity contribution is -0.130. The normalized spacial score (nSPS) is 13.6. The number of nitrogens with zero attached hydrogens (tertiary/aromatic N) is 7. The van der Waals surface area contributed by atoms with Crippen LogP contribution in [0.3, 0.4) is 0 Å². The number of phenols is 1. The van der Waals surface area contributed by atoms with Gasteiger partial charge in [-0.25, -0.2) is 14.6 Å². The lowest BCUT2D eigenvalue weighted by Gasteiger charge is -2.28. The summed E-state index contributed by atoms with van der Waals surface area (Å²) in [6, 6.07) is 22.0. The predicted molar refractivity (Wildman–Crippen MR) is 324 cm³/mol. The Kier molecular flexibility index (Phi) is 22.1. The summed E-state index contributed by atoms with van der Waals surface area (Å²) >= 11 is 8.59. The molecular weight excluding hydrogens is 1200 g/mol. The summed E-state index contributed by atoms with van der Waals surface area (Å²) in [7, 11) is 5.17. The average Bonchev–Trinajstić information content (AvgIpc) is 4.29. The number of ether oxygens (including phenoxy) is 4. The van der Waals surface area contributed by atoms with Crippen LogP contribution in [0.2, 0.25) is 0 Å². The molecule has 0 spiro atoms. The van der Waals surface area contributed by atoms with E-state index in [4.69, 9.17) is 30.5 Å². The van der Waals surface area contributed by atoms with Crippen LogP contribution in [0.1, 0.15) is 71.1 Å². The third kappa shape index (κ3) is 16.4. The maximum absolute atomic E-state index is 14.6. The van der Waals surface area contributed by atoms with E-state index < -0.39 is 42.0 Å². The van der Waals surface area contributed by atoms with Crippen molar-refractivity contribution in [3.05, 3.63) is 125 Å². The number of carbonyl (C=O) groups is 7. The number of aromatic hydroxyl groups is 1. The number of fused-ring (bicyclic) bond motifs is 4. The molecule has 0 bridgehead atoms. The van der Waals surface area contributed by atoms with E-state index in [1.165, 1.54) is 44.1 Å². The van der Waals surface area contributed by atoms with Crippen molar-refractivity contribution in [1.29, 1.82) is 0 Å². The van der Waals surface area contributed by atoms with Crippen LogP contribution in [0.25, 0.3) is 16.4 Å². The van der Waals surface area contributed by atoms with Gasteiger partial charge in [0.05, 0.1) is 73.3 Å². The Hall–Kier alpha value is -7.58. The maximum Gasteiger partial charge on any atom is 0.415 e. The quantitative estimate of drug-likeness (QED) is 0.0183. The largest absolute Gasteiger partial charge is 0.508 e. The number of nitrogens with one attached hydrogen (secondary N) is 3. The number of alkyl halides is 1.